The minimum Gasteiger partial charge on any atom is -0.265 e. The molecule has 0 aliphatic heterocycles. The Balaban J connectivity index is 0. The third-order valence-corrected chi connectivity index (χ3v) is 1.77. The maximum Gasteiger partial charge on any atom is 0.0267 e. The molecule has 0 bridgehead atoms. The third-order valence-electron chi connectivity index (χ3n) is 1.77. The summed E-state index contributed by atoms with van der Waals surface area (Å²) in [6.45, 7) is 4.49. The second-order valence-electron chi connectivity index (χ2n) is 3.09. The van der Waals surface area contributed by atoms with E-state index in [1.54, 1.807) is 12.4 Å². The average molecular weight is 238 g/mol. The predicted molar refractivity (Wildman–Crippen MR) is 58.7 cm³/mol. The number of hydrogen-bond acceptors (Lipinski definition) is 1. The summed E-state index contributed by atoms with van der Waals surface area (Å²) in [5, 5.41) is 0. The Morgan fingerprint density at radius 1 is 0.786 bits per heavy atom. The molecule has 1 rings (SSSR count). The maximum atomic E-state index is 3.78. The van der Waals surface area contributed by atoms with Crippen LogP contribution >= 0.6 is 0 Å². The first kappa shape index (κ1) is 16.1. The fraction of sp³-hybridized carbons (Fsp3) is 0.583. The molecule has 0 unspecified atom stereocenters. The van der Waals surface area contributed by atoms with E-state index in [4.69, 9.17) is 0 Å². The number of pyridine rings is 1. The topological polar surface area (TPSA) is 12.9 Å². The normalized spacial score (nSPS) is 8.14. The van der Waals surface area contributed by atoms with E-state index in [1.165, 1.54) is 32.1 Å². The van der Waals surface area contributed by atoms with Gasteiger partial charge in [-0.15, -0.1) is 0 Å². The smallest absolute Gasteiger partial charge is 0.0267 e. The molecule has 1 aromatic rings. The minimum absolute atomic E-state index is 0. The van der Waals surface area contributed by atoms with Gasteiger partial charge in [0.05, 0.1) is 0 Å². The summed E-state index contributed by atoms with van der Waals surface area (Å²) in [5.41, 5.74) is 0. The molecule has 0 amide bonds. The second-order valence-corrected chi connectivity index (χ2v) is 3.09. The third kappa shape index (κ3) is 14.2. The van der Waals surface area contributed by atoms with Crippen molar-refractivity contribution in [3.63, 3.8) is 0 Å². The van der Waals surface area contributed by atoms with Gasteiger partial charge in [0, 0.05) is 28.9 Å². The Morgan fingerprint density at radius 3 is 1.50 bits per heavy atom. The summed E-state index contributed by atoms with van der Waals surface area (Å²) in [7, 11) is 0. The Hall–Kier alpha value is -0.356. The molecule has 0 aromatic carbocycles. The summed E-state index contributed by atoms with van der Waals surface area (Å²) < 4.78 is 0. The van der Waals surface area contributed by atoms with Crippen molar-refractivity contribution in [2.45, 2.75) is 46.0 Å². The van der Waals surface area contributed by atoms with Gasteiger partial charge in [-0.3, -0.25) is 4.98 Å². The van der Waals surface area contributed by atoms with Gasteiger partial charge in [-0.2, -0.15) is 0 Å². The summed E-state index contributed by atoms with van der Waals surface area (Å²) in [6, 6.07) is 5.72. The second kappa shape index (κ2) is 15.1. The van der Waals surface area contributed by atoms with Crippen molar-refractivity contribution in [1.29, 1.82) is 0 Å². The van der Waals surface area contributed by atoms with E-state index >= 15 is 0 Å². The van der Waals surface area contributed by atoms with Gasteiger partial charge in [-0.1, -0.05) is 52.0 Å². The molecule has 0 spiro atoms. The fourth-order valence-electron chi connectivity index (χ4n) is 0.989. The zero-order valence-corrected chi connectivity index (χ0v) is 10.2. The van der Waals surface area contributed by atoms with E-state index in [0.29, 0.717) is 0 Å². The molecule has 0 saturated heterocycles. The summed E-state index contributed by atoms with van der Waals surface area (Å²) >= 11 is 0. The van der Waals surface area contributed by atoms with Gasteiger partial charge in [0.15, 0.2) is 0 Å². The molecule has 0 aliphatic carbocycles. The Bertz CT molecular complexity index is 135. The van der Waals surface area contributed by atoms with Crippen LogP contribution in [0.4, 0.5) is 0 Å². The first-order chi connectivity index (χ1) is 6.41. The maximum absolute atomic E-state index is 3.78. The largest absolute Gasteiger partial charge is 0.265 e. The fourth-order valence-corrected chi connectivity index (χ4v) is 0.989. The van der Waals surface area contributed by atoms with E-state index in [1.807, 2.05) is 18.2 Å². The van der Waals surface area contributed by atoms with Gasteiger partial charge >= 0.3 is 0 Å². The van der Waals surface area contributed by atoms with Crippen molar-refractivity contribution in [3.05, 3.63) is 30.6 Å². The van der Waals surface area contributed by atoms with Crippen LogP contribution in [-0.4, -0.2) is 4.98 Å². The molecular formula is C12H21NNi. The van der Waals surface area contributed by atoms with Gasteiger partial charge in [-0.05, 0) is 12.1 Å². The van der Waals surface area contributed by atoms with Crippen molar-refractivity contribution in [2.24, 2.45) is 0 Å². The van der Waals surface area contributed by atoms with Crippen LogP contribution in [0.1, 0.15) is 46.0 Å². The number of hydrogen-bond donors (Lipinski definition) is 0. The predicted octanol–water partition coefficient (Wildman–Crippen LogP) is 4.06. The van der Waals surface area contributed by atoms with Crippen LogP contribution in [0, 0.1) is 0 Å². The minimum atomic E-state index is 0. The van der Waals surface area contributed by atoms with Crippen molar-refractivity contribution in [3.8, 4) is 0 Å². The van der Waals surface area contributed by atoms with E-state index < -0.39 is 0 Å². The van der Waals surface area contributed by atoms with E-state index in [9.17, 15) is 0 Å². The molecule has 1 nitrogen and oxygen atoms in total. The van der Waals surface area contributed by atoms with Gasteiger partial charge in [0.1, 0.15) is 0 Å². The monoisotopic (exact) mass is 237 g/mol. The first-order valence-electron chi connectivity index (χ1n) is 5.26. The number of aromatic nitrogens is 1. The van der Waals surface area contributed by atoms with Crippen LogP contribution in [0.3, 0.4) is 0 Å². The summed E-state index contributed by atoms with van der Waals surface area (Å²) in [6.07, 6.45) is 10.5. The number of rotatable bonds is 4. The van der Waals surface area contributed by atoms with Crippen LogP contribution in [0.25, 0.3) is 0 Å². The van der Waals surface area contributed by atoms with Crippen LogP contribution in [-0.2, 0) is 16.5 Å². The summed E-state index contributed by atoms with van der Waals surface area (Å²) in [5.74, 6) is 0. The van der Waals surface area contributed by atoms with E-state index in [0.717, 1.165) is 0 Å². The molecule has 0 aliphatic rings. The van der Waals surface area contributed by atoms with E-state index in [2.05, 4.69) is 18.8 Å². The zero-order valence-electron chi connectivity index (χ0n) is 9.19. The van der Waals surface area contributed by atoms with Crippen LogP contribution < -0.4 is 0 Å². The van der Waals surface area contributed by atoms with E-state index in [-0.39, 0.29) is 16.5 Å². The Labute approximate surface area is 98.3 Å². The standard InChI is InChI=1S/C7H16.C5H5N.Ni/c1-3-5-7-6-4-2;1-2-4-6-5-3-1;/h3-7H2,1-2H3;1-5H;. The van der Waals surface area contributed by atoms with Crippen molar-refractivity contribution in [1.82, 2.24) is 4.98 Å². The Kier molecular flexibility index (Phi) is 17.4. The van der Waals surface area contributed by atoms with Crippen molar-refractivity contribution < 1.29 is 16.5 Å². The summed E-state index contributed by atoms with van der Waals surface area (Å²) in [4.78, 5) is 3.78. The molecule has 0 saturated carbocycles. The van der Waals surface area contributed by atoms with Gasteiger partial charge < -0.3 is 0 Å². The molecule has 2 heteroatoms. The molecule has 14 heavy (non-hydrogen) atoms. The van der Waals surface area contributed by atoms with Crippen LogP contribution in [0.2, 0.25) is 0 Å². The van der Waals surface area contributed by atoms with Crippen LogP contribution in [0.15, 0.2) is 30.6 Å². The molecule has 0 fully saturated rings. The molecular weight excluding hydrogens is 217 g/mol. The van der Waals surface area contributed by atoms with Gasteiger partial charge in [-0.25, -0.2) is 0 Å². The Morgan fingerprint density at radius 2 is 1.29 bits per heavy atom. The molecule has 84 valence electrons. The van der Waals surface area contributed by atoms with Crippen molar-refractivity contribution in [2.75, 3.05) is 0 Å². The molecule has 0 atom stereocenters. The first-order valence-corrected chi connectivity index (χ1v) is 5.26. The van der Waals surface area contributed by atoms with Crippen LogP contribution in [0.5, 0.6) is 0 Å². The zero-order chi connectivity index (χ0) is 9.78. The van der Waals surface area contributed by atoms with Gasteiger partial charge in [0.2, 0.25) is 0 Å². The molecule has 1 aromatic heterocycles. The quantitative estimate of drug-likeness (QED) is 0.569. The SMILES string of the molecule is CCCCCCC.[Ni].c1ccncc1. The average Bonchev–Trinajstić information content (AvgIpc) is 2.22. The molecule has 0 N–H and O–H groups in total. The van der Waals surface area contributed by atoms with Crippen molar-refractivity contribution >= 4 is 0 Å². The number of unbranched alkanes of at least 4 members (excludes halogenated alkanes) is 4. The van der Waals surface area contributed by atoms with Gasteiger partial charge in [0.25, 0.3) is 0 Å². The molecule has 0 radical (unpaired) electrons. The molecule has 1 heterocycles. The number of nitrogens with zero attached hydrogens (tertiary/aromatic N) is 1.